The van der Waals surface area contributed by atoms with Crippen LogP contribution < -0.4 is 10.2 Å². The number of ether oxygens (including phenoxy) is 1. The smallest absolute Gasteiger partial charge is 0.406 e. The van der Waals surface area contributed by atoms with E-state index in [4.69, 9.17) is 5.26 Å². The largest absolute Gasteiger partial charge is 0.573 e. The average Bonchev–Trinajstić information content (AvgIpc) is 2.19. The van der Waals surface area contributed by atoms with Crippen molar-refractivity contribution in [2.24, 2.45) is 5.10 Å². The predicted octanol–water partition coefficient (Wildman–Crippen LogP) is 2.51. The minimum Gasteiger partial charge on any atom is -0.406 e. The SMILES string of the molecule is N#C/C=N/Nc1ccc(OC(F)(F)F)cc1. The molecule has 0 fully saturated rings. The topological polar surface area (TPSA) is 57.4 Å². The molecule has 84 valence electrons. The highest BCUT2D eigenvalue weighted by molar-refractivity contribution is 5.75. The van der Waals surface area contributed by atoms with Gasteiger partial charge in [0, 0.05) is 0 Å². The fraction of sp³-hybridized carbons (Fsp3) is 0.111. The van der Waals surface area contributed by atoms with Crippen LogP contribution in [0.15, 0.2) is 29.4 Å². The standard InChI is InChI=1S/C9H6F3N3O/c10-9(11,12)16-8-3-1-7(2-4-8)15-14-6-5-13/h1-4,6,15H/b14-6+. The summed E-state index contributed by atoms with van der Waals surface area (Å²) in [5, 5.41) is 11.6. The lowest BCUT2D eigenvalue weighted by molar-refractivity contribution is -0.274. The molecule has 7 heteroatoms. The minimum atomic E-state index is -4.70. The van der Waals surface area contributed by atoms with E-state index in [2.05, 4.69) is 15.3 Å². The van der Waals surface area contributed by atoms with Gasteiger partial charge in [-0.1, -0.05) is 0 Å². The van der Waals surface area contributed by atoms with Gasteiger partial charge in [-0.05, 0) is 24.3 Å². The quantitative estimate of drug-likeness (QED) is 0.639. The first-order chi connectivity index (χ1) is 7.51. The second kappa shape index (κ2) is 5.02. The van der Waals surface area contributed by atoms with Crippen molar-refractivity contribution in [2.75, 3.05) is 5.43 Å². The third kappa shape index (κ3) is 4.32. The van der Waals surface area contributed by atoms with E-state index < -0.39 is 6.36 Å². The first-order valence-electron chi connectivity index (χ1n) is 4.04. The monoisotopic (exact) mass is 229 g/mol. The summed E-state index contributed by atoms with van der Waals surface area (Å²) in [4.78, 5) is 0. The summed E-state index contributed by atoms with van der Waals surface area (Å²) in [6, 6.07) is 6.61. The van der Waals surface area contributed by atoms with Gasteiger partial charge < -0.3 is 4.74 Å². The molecule has 0 aliphatic heterocycles. The third-order valence-corrected chi connectivity index (χ3v) is 1.40. The van der Waals surface area contributed by atoms with Gasteiger partial charge in [0.05, 0.1) is 5.69 Å². The maximum atomic E-state index is 11.8. The first-order valence-corrected chi connectivity index (χ1v) is 4.04. The molecular formula is C9H6F3N3O. The summed E-state index contributed by atoms with van der Waals surface area (Å²) in [6.07, 6.45) is -3.74. The molecule has 4 nitrogen and oxygen atoms in total. The van der Waals surface area contributed by atoms with E-state index in [-0.39, 0.29) is 5.75 Å². The van der Waals surface area contributed by atoms with Crippen molar-refractivity contribution in [3.8, 4) is 11.8 Å². The highest BCUT2D eigenvalue weighted by atomic mass is 19.4. The maximum Gasteiger partial charge on any atom is 0.573 e. The van der Waals surface area contributed by atoms with Crippen LogP contribution in [-0.4, -0.2) is 12.6 Å². The van der Waals surface area contributed by atoms with E-state index in [9.17, 15) is 13.2 Å². The Morgan fingerprint density at radius 1 is 1.31 bits per heavy atom. The van der Waals surface area contributed by atoms with Crippen LogP contribution in [0.5, 0.6) is 5.75 Å². The lowest BCUT2D eigenvalue weighted by Crippen LogP contribution is -2.16. The van der Waals surface area contributed by atoms with Crippen LogP contribution in [0, 0.1) is 11.3 Å². The molecule has 1 rings (SSSR count). The lowest BCUT2D eigenvalue weighted by Gasteiger charge is -2.08. The van der Waals surface area contributed by atoms with Crippen molar-refractivity contribution in [3.05, 3.63) is 24.3 Å². The van der Waals surface area contributed by atoms with E-state index >= 15 is 0 Å². The summed E-state index contributed by atoms with van der Waals surface area (Å²) < 4.78 is 39.0. The molecule has 0 unspecified atom stereocenters. The zero-order chi connectivity index (χ0) is 12.0. The molecule has 0 heterocycles. The summed E-state index contributed by atoms with van der Waals surface area (Å²) in [5.41, 5.74) is 2.89. The Bertz CT molecular complexity index is 405. The fourth-order valence-corrected chi connectivity index (χ4v) is 0.867. The number of anilines is 1. The van der Waals surface area contributed by atoms with Crippen LogP contribution in [0.2, 0.25) is 0 Å². The molecule has 16 heavy (non-hydrogen) atoms. The number of nitrogens with one attached hydrogen (secondary N) is 1. The molecule has 0 amide bonds. The third-order valence-electron chi connectivity index (χ3n) is 1.40. The number of rotatable bonds is 3. The molecule has 1 N–H and O–H groups in total. The molecule has 0 saturated carbocycles. The van der Waals surface area contributed by atoms with Gasteiger partial charge in [0.25, 0.3) is 0 Å². The Morgan fingerprint density at radius 2 is 1.94 bits per heavy atom. The number of alkyl halides is 3. The Hall–Kier alpha value is -2.23. The van der Waals surface area contributed by atoms with Crippen molar-refractivity contribution in [2.45, 2.75) is 6.36 Å². The van der Waals surface area contributed by atoms with Gasteiger partial charge in [0.1, 0.15) is 18.0 Å². The van der Waals surface area contributed by atoms with E-state index in [1.54, 1.807) is 6.07 Å². The van der Waals surface area contributed by atoms with E-state index in [0.29, 0.717) is 5.69 Å². The number of hydrazone groups is 1. The Labute approximate surface area is 88.9 Å². The van der Waals surface area contributed by atoms with Gasteiger partial charge in [-0.15, -0.1) is 13.2 Å². The Kier molecular flexibility index (Phi) is 3.72. The lowest BCUT2D eigenvalue weighted by atomic mass is 10.3. The van der Waals surface area contributed by atoms with E-state index in [1.165, 1.54) is 12.1 Å². The zero-order valence-electron chi connectivity index (χ0n) is 7.82. The highest BCUT2D eigenvalue weighted by Gasteiger charge is 2.30. The Balaban J connectivity index is 2.62. The summed E-state index contributed by atoms with van der Waals surface area (Å²) in [5.74, 6) is -0.317. The highest BCUT2D eigenvalue weighted by Crippen LogP contribution is 2.23. The van der Waals surface area contributed by atoms with Crippen molar-refractivity contribution in [3.63, 3.8) is 0 Å². The normalized spacial score (nSPS) is 11.1. The molecule has 0 atom stereocenters. The molecular weight excluding hydrogens is 223 g/mol. The predicted molar refractivity (Wildman–Crippen MR) is 50.9 cm³/mol. The van der Waals surface area contributed by atoms with E-state index in [1.807, 2.05) is 0 Å². The van der Waals surface area contributed by atoms with Crippen LogP contribution >= 0.6 is 0 Å². The van der Waals surface area contributed by atoms with Crippen LogP contribution in [0.25, 0.3) is 0 Å². The van der Waals surface area contributed by atoms with Crippen molar-refractivity contribution in [1.82, 2.24) is 0 Å². The van der Waals surface area contributed by atoms with Gasteiger partial charge >= 0.3 is 6.36 Å². The molecule has 0 aliphatic rings. The maximum absolute atomic E-state index is 11.8. The molecule has 0 radical (unpaired) electrons. The van der Waals surface area contributed by atoms with Crippen molar-refractivity contribution >= 4 is 11.9 Å². The van der Waals surface area contributed by atoms with Gasteiger partial charge in [-0.2, -0.15) is 10.4 Å². The van der Waals surface area contributed by atoms with Crippen molar-refractivity contribution in [1.29, 1.82) is 5.26 Å². The van der Waals surface area contributed by atoms with Gasteiger partial charge in [-0.25, -0.2) is 0 Å². The summed E-state index contributed by atoms with van der Waals surface area (Å²) in [6.45, 7) is 0. The van der Waals surface area contributed by atoms with Crippen LogP contribution in [-0.2, 0) is 0 Å². The molecule has 1 aromatic carbocycles. The van der Waals surface area contributed by atoms with Crippen LogP contribution in [0.3, 0.4) is 0 Å². The van der Waals surface area contributed by atoms with Gasteiger partial charge in [0.2, 0.25) is 0 Å². The average molecular weight is 229 g/mol. The second-order valence-corrected chi connectivity index (χ2v) is 2.57. The van der Waals surface area contributed by atoms with Crippen LogP contribution in [0.1, 0.15) is 0 Å². The zero-order valence-corrected chi connectivity index (χ0v) is 7.82. The molecule has 0 saturated heterocycles. The first kappa shape index (κ1) is 11.8. The minimum absolute atomic E-state index is 0.317. The molecule has 0 aromatic heterocycles. The molecule has 0 spiro atoms. The number of hydrogen-bond acceptors (Lipinski definition) is 4. The number of nitriles is 1. The number of hydrogen-bond donors (Lipinski definition) is 1. The molecule has 0 aliphatic carbocycles. The van der Waals surface area contributed by atoms with Gasteiger partial charge in [0.15, 0.2) is 0 Å². The fourth-order valence-electron chi connectivity index (χ4n) is 0.867. The summed E-state index contributed by atoms with van der Waals surface area (Å²) >= 11 is 0. The second-order valence-electron chi connectivity index (χ2n) is 2.57. The number of nitrogens with zero attached hydrogens (tertiary/aromatic N) is 2. The number of benzene rings is 1. The Morgan fingerprint density at radius 3 is 2.44 bits per heavy atom. The van der Waals surface area contributed by atoms with Gasteiger partial charge in [-0.3, -0.25) is 5.43 Å². The molecule has 1 aromatic rings. The summed E-state index contributed by atoms with van der Waals surface area (Å²) in [7, 11) is 0. The van der Waals surface area contributed by atoms with Crippen LogP contribution in [0.4, 0.5) is 18.9 Å². The number of halogens is 3. The molecule has 0 bridgehead atoms. The van der Waals surface area contributed by atoms with Crippen molar-refractivity contribution < 1.29 is 17.9 Å². The van der Waals surface area contributed by atoms with E-state index in [0.717, 1.165) is 18.3 Å².